The first kappa shape index (κ1) is 20.3. The summed E-state index contributed by atoms with van der Waals surface area (Å²) < 4.78 is 27.9. The molecule has 1 amide bonds. The van der Waals surface area contributed by atoms with Crippen LogP contribution in [0.2, 0.25) is 0 Å². The molecule has 1 atom stereocenters. The minimum Gasteiger partial charge on any atom is -0.337 e. The first-order valence-corrected chi connectivity index (χ1v) is 11.2. The maximum absolute atomic E-state index is 13.2. The number of benzene rings is 1. The van der Waals surface area contributed by atoms with Gasteiger partial charge in [0.1, 0.15) is 0 Å². The Morgan fingerprint density at radius 2 is 1.67 bits per heavy atom. The minimum atomic E-state index is -3.53. The molecule has 0 radical (unpaired) electrons. The van der Waals surface area contributed by atoms with Crippen LogP contribution in [-0.4, -0.2) is 62.3 Å². The highest BCUT2D eigenvalue weighted by molar-refractivity contribution is 7.89. The fourth-order valence-corrected chi connectivity index (χ4v) is 6.33. The molecule has 0 aromatic heterocycles. The van der Waals surface area contributed by atoms with E-state index in [1.54, 1.807) is 4.31 Å². The molecule has 0 saturated carbocycles. The summed E-state index contributed by atoms with van der Waals surface area (Å²) in [5, 5.41) is 3.30. The van der Waals surface area contributed by atoms with E-state index in [9.17, 15) is 13.2 Å². The van der Waals surface area contributed by atoms with E-state index in [0.29, 0.717) is 30.8 Å². The van der Waals surface area contributed by atoms with Crippen molar-refractivity contribution in [3.05, 3.63) is 28.8 Å². The van der Waals surface area contributed by atoms with E-state index in [2.05, 4.69) is 12.2 Å². The first-order chi connectivity index (χ1) is 12.7. The summed E-state index contributed by atoms with van der Waals surface area (Å²) in [6, 6.07) is 4.04. The molecule has 0 unspecified atom stereocenters. The highest BCUT2D eigenvalue weighted by Gasteiger charge is 2.36. The number of aryl methyl sites for hydroxylation is 3. The zero-order chi connectivity index (χ0) is 19.8. The van der Waals surface area contributed by atoms with Gasteiger partial charge in [-0.05, 0) is 51.7 Å². The Bertz CT molecular complexity index is 791. The average molecular weight is 394 g/mol. The molecule has 2 saturated heterocycles. The molecule has 150 valence electrons. The number of hydrogen-bond acceptors (Lipinski definition) is 4. The molecule has 7 heteroatoms. The highest BCUT2D eigenvalue weighted by Crippen LogP contribution is 2.29. The van der Waals surface area contributed by atoms with E-state index in [4.69, 9.17) is 0 Å². The molecule has 27 heavy (non-hydrogen) atoms. The second kappa shape index (κ2) is 7.89. The Morgan fingerprint density at radius 3 is 2.22 bits per heavy atom. The van der Waals surface area contributed by atoms with Gasteiger partial charge in [-0.1, -0.05) is 17.7 Å². The lowest BCUT2D eigenvalue weighted by atomic mass is 9.95. The zero-order valence-corrected chi connectivity index (χ0v) is 17.6. The van der Waals surface area contributed by atoms with Gasteiger partial charge in [-0.15, -0.1) is 0 Å². The first-order valence-electron chi connectivity index (χ1n) is 9.81. The third-order valence-electron chi connectivity index (χ3n) is 5.79. The predicted molar refractivity (Wildman–Crippen MR) is 106 cm³/mol. The van der Waals surface area contributed by atoms with Crippen molar-refractivity contribution in [1.82, 2.24) is 14.5 Å². The van der Waals surface area contributed by atoms with Crippen LogP contribution >= 0.6 is 0 Å². The maximum atomic E-state index is 13.2. The van der Waals surface area contributed by atoms with Crippen molar-refractivity contribution in [2.45, 2.75) is 51.5 Å². The van der Waals surface area contributed by atoms with E-state index in [0.717, 1.165) is 36.3 Å². The monoisotopic (exact) mass is 393 g/mol. The van der Waals surface area contributed by atoms with E-state index in [1.165, 1.54) is 0 Å². The number of nitrogens with one attached hydrogen (secondary N) is 1. The second-order valence-electron chi connectivity index (χ2n) is 7.99. The lowest BCUT2D eigenvalue weighted by Crippen LogP contribution is -2.55. The molecule has 1 aromatic carbocycles. The predicted octanol–water partition coefficient (Wildman–Crippen LogP) is 1.83. The van der Waals surface area contributed by atoms with Crippen LogP contribution in [0.1, 0.15) is 36.5 Å². The Morgan fingerprint density at radius 1 is 1.07 bits per heavy atom. The van der Waals surface area contributed by atoms with Gasteiger partial charge in [-0.3, -0.25) is 4.79 Å². The number of carbonyl (C=O) groups is 1. The molecular weight excluding hydrogens is 362 g/mol. The highest BCUT2D eigenvalue weighted by atomic mass is 32.2. The topological polar surface area (TPSA) is 69.7 Å². The summed E-state index contributed by atoms with van der Waals surface area (Å²) in [7, 11) is -3.53. The van der Waals surface area contributed by atoms with E-state index in [-0.39, 0.29) is 17.9 Å². The summed E-state index contributed by atoms with van der Waals surface area (Å²) in [5.41, 5.74) is 2.65. The van der Waals surface area contributed by atoms with Crippen LogP contribution in [0.15, 0.2) is 17.0 Å². The van der Waals surface area contributed by atoms with Crippen LogP contribution < -0.4 is 5.32 Å². The zero-order valence-electron chi connectivity index (χ0n) is 16.8. The molecule has 2 aliphatic rings. The van der Waals surface area contributed by atoms with Gasteiger partial charge >= 0.3 is 0 Å². The van der Waals surface area contributed by atoms with E-state index >= 15 is 0 Å². The minimum absolute atomic E-state index is 0.0720. The van der Waals surface area contributed by atoms with Gasteiger partial charge in [0, 0.05) is 44.7 Å². The van der Waals surface area contributed by atoms with Crippen LogP contribution in [0.5, 0.6) is 0 Å². The standard InChI is InChI=1S/C20H31N3O3S/c1-14-11-15(2)19(16(3)12-14)27(25,26)22-8-5-18(6-9-22)20(24)23-10-7-21-13-17(23)4/h11-12,17-18,21H,5-10,13H2,1-4H3/t17-/m1/s1. The molecule has 6 nitrogen and oxygen atoms in total. The van der Waals surface area contributed by atoms with Crippen molar-refractivity contribution in [3.63, 3.8) is 0 Å². The number of amides is 1. The molecular formula is C20H31N3O3S. The summed E-state index contributed by atoms with van der Waals surface area (Å²) in [5.74, 6) is 0.112. The number of piperidine rings is 1. The Balaban J connectivity index is 1.71. The van der Waals surface area contributed by atoms with Gasteiger partial charge < -0.3 is 10.2 Å². The van der Waals surface area contributed by atoms with Gasteiger partial charge in [0.2, 0.25) is 15.9 Å². The quantitative estimate of drug-likeness (QED) is 0.851. The smallest absolute Gasteiger partial charge is 0.243 e. The number of sulfonamides is 1. The van der Waals surface area contributed by atoms with Crippen LogP contribution in [0.3, 0.4) is 0 Å². The SMILES string of the molecule is Cc1cc(C)c(S(=O)(=O)N2CCC(C(=O)N3CCNC[C@H]3C)CC2)c(C)c1. The lowest BCUT2D eigenvalue weighted by Gasteiger charge is -2.38. The van der Waals surface area contributed by atoms with Gasteiger partial charge in [0.25, 0.3) is 0 Å². The molecule has 0 bridgehead atoms. The van der Waals surface area contributed by atoms with Crippen molar-refractivity contribution in [2.24, 2.45) is 5.92 Å². The molecule has 1 N–H and O–H groups in total. The fraction of sp³-hybridized carbons (Fsp3) is 0.650. The normalized spacial score (nSPS) is 22.8. The molecule has 2 heterocycles. The van der Waals surface area contributed by atoms with Crippen molar-refractivity contribution in [2.75, 3.05) is 32.7 Å². The third kappa shape index (κ3) is 4.05. The number of nitrogens with zero attached hydrogens (tertiary/aromatic N) is 2. The average Bonchev–Trinajstić information content (AvgIpc) is 2.60. The third-order valence-corrected chi connectivity index (χ3v) is 7.99. The Kier molecular flexibility index (Phi) is 5.93. The van der Waals surface area contributed by atoms with Crippen molar-refractivity contribution >= 4 is 15.9 Å². The fourth-order valence-electron chi connectivity index (χ4n) is 4.45. The molecule has 1 aromatic rings. The van der Waals surface area contributed by atoms with Gasteiger partial charge in [-0.25, -0.2) is 8.42 Å². The van der Waals surface area contributed by atoms with Crippen molar-refractivity contribution in [3.8, 4) is 0 Å². The number of hydrogen-bond donors (Lipinski definition) is 1. The Hall–Kier alpha value is -1.44. The number of carbonyl (C=O) groups excluding carboxylic acids is 1. The molecule has 3 rings (SSSR count). The lowest BCUT2D eigenvalue weighted by molar-refractivity contribution is -0.139. The van der Waals surface area contributed by atoms with Crippen molar-refractivity contribution < 1.29 is 13.2 Å². The molecule has 2 fully saturated rings. The van der Waals surface area contributed by atoms with Gasteiger partial charge in [0.05, 0.1) is 4.90 Å². The van der Waals surface area contributed by atoms with Crippen molar-refractivity contribution in [1.29, 1.82) is 0 Å². The van der Waals surface area contributed by atoms with E-state index in [1.807, 2.05) is 37.8 Å². The molecule has 0 spiro atoms. The summed E-state index contributed by atoms with van der Waals surface area (Å²) in [4.78, 5) is 15.2. The largest absolute Gasteiger partial charge is 0.337 e. The van der Waals surface area contributed by atoms with Crippen LogP contribution in [0.25, 0.3) is 0 Å². The molecule has 0 aliphatic carbocycles. The summed E-state index contributed by atoms with van der Waals surface area (Å²) in [6.45, 7) is 11.0. The van der Waals surface area contributed by atoms with Gasteiger partial charge in [0.15, 0.2) is 0 Å². The van der Waals surface area contributed by atoms with Crippen LogP contribution in [0, 0.1) is 26.7 Å². The Labute approximate surface area is 163 Å². The van der Waals surface area contributed by atoms with E-state index < -0.39 is 10.0 Å². The van der Waals surface area contributed by atoms with Gasteiger partial charge in [-0.2, -0.15) is 4.31 Å². The summed E-state index contributed by atoms with van der Waals surface area (Å²) in [6.07, 6.45) is 1.19. The number of rotatable bonds is 3. The number of piperazine rings is 1. The second-order valence-corrected chi connectivity index (χ2v) is 9.87. The summed E-state index contributed by atoms with van der Waals surface area (Å²) >= 11 is 0. The van der Waals surface area contributed by atoms with Crippen LogP contribution in [-0.2, 0) is 14.8 Å². The molecule has 2 aliphatic heterocycles. The van der Waals surface area contributed by atoms with Crippen LogP contribution in [0.4, 0.5) is 0 Å². The maximum Gasteiger partial charge on any atom is 0.243 e.